The molecule has 0 N–H and O–H groups in total. The number of rotatable bonds is 1. The maximum atomic E-state index is 5.67. The smallest absolute Gasteiger partial charge is 0.242 e. The van der Waals surface area contributed by atoms with Crippen molar-refractivity contribution in [2.24, 2.45) is 5.41 Å². The lowest BCUT2D eigenvalue weighted by atomic mass is 9.99. The molecule has 3 heteroatoms. The summed E-state index contributed by atoms with van der Waals surface area (Å²) in [6, 6.07) is 0. The molecular formula is C8H18OSSi. The summed E-state index contributed by atoms with van der Waals surface area (Å²) in [4.78, 5) is 0. The molecule has 0 fully saturated rings. The second-order valence-electron chi connectivity index (χ2n) is 4.75. The lowest BCUT2D eigenvalue weighted by molar-refractivity contribution is 0.448. The van der Waals surface area contributed by atoms with Crippen molar-refractivity contribution in [2.75, 3.05) is 0 Å². The molecule has 0 aromatic rings. The van der Waals surface area contributed by atoms with E-state index in [0.717, 1.165) is 5.05 Å². The maximum Gasteiger partial charge on any atom is 0.242 e. The fraction of sp³-hybridized carbons (Fsp3) is 0.875. The van der Waals surface area contributed by atoms with Crippen molar-refractivity contribution in [1.82, 2.24) is 0 Å². The summed E-state index contributed by atoms with van der Waals surface area (Å²) in [5.41, 5.74) is 0.00954. The number of thiocarbonyl (C=S) groups is 1. The summed E-state index contributed by atoms with van der Waals surface area (Å²) in [5, 5.41) is 0.747. The second-order valence-corrected chi connectivity index (χ2v) is 9.55. The second kappa shape index (κ2) is 3.23. The first-order valence-electron chi connectivity index (χ1n) is 3.86. The van der Waals surface area contributed by atoms with E-state index in [-0.39, 0.29) is 5.41 Å². The van der Waals surface area contributed by atoms with Gasteiger partial charge in [0.2, 0.25) is 8.32 Å². The van der Waals surface area contributed by atoms with Gasteiger partial charge in [-0.2, -0.15) is 0 Å². The summed E-state index contributed by atoms with van der Waals surface area (Å²) in [6.45, 7) is 12.7. The molecule has 0 aliphatic heterocycles. The Bertz CT molecular complexity index is 152. The third-order valence-electron chi connectivity index (χ3n) is 1.01. The van der Waals surface area contributed by atoms with Crippen LogP contribution in [0.3, 0.4) is 0 Å². The van der Waals surface area contributed by atoms with Gasteiger partial charge in [-0.05, 0) is 31.9 Å². The van der Waals surface area contributed by atoms with Crippen LogP contribution in [0, 0.1) is 5.41 Å². The Morgan fingerprint density at radius 2 is 1.55 bits per heavy atom. The average molecular weight is 190 g/mol. The van der Waals surface area contributed by atoms with Gasteiger partial charge >= 0.3 is 0 Å². The van der Waals surface area contributed by atoms with E-state index in [1.54, 1.807) is 0 Å². The zero-order chi connectivity index (χ0) is 9.28. The van der Waals surface area contributed by atoms with Crippen molar-refractivity contribution >= 4 is 25.6 Å². The van der Waals surface area contributed by atoms with Crippen molar-refractivity contribution in [3.63, 3.8) is 0 Å². The van der Waals surface area contributed by atoms with E-state index in [1.165, 1.54) is 0 Å². The van der Waals surface area contributed by atoms with Gasteiger partial charge in [0.15, 0.2) is 5.05 Å². The molecule has 0 saturated heterocycles. The van der Waals surface area contributed by atoms with Crippen molar-refractivity contribution in [2.45, 2.75) is 40.4 Å². The van der Waals surface area contributed by atoms with Crippen LogP contribution in [0.5, 0.6) is 0 Å². The first-order chi connectivity index (χ1) is 4.63. The van der Waals surface area contributed by atoms with Crippen LogP contribution in [0.15, 0.2) is 0 Å². The molecule has 0 rings (SSSR count). The molecule has 1 nitrogen and oxygen atoms in total. The lowest BCUT2D eigenvalue weighted by Gasteiger charge is -2.27. The Balaban J connectivity index is 4.11. The monoisotopic (exact) mass is 190 g/mol. The lowest BCUT2D eigenvalue weighted by Crippen LogP contribution is -2.34. The fourth-order valence-corrected chi connectivity index (χ4v) is 2.04. The van der Waals surface area contributed by atoms with Gasteiger partial charge in [0.05, 0.1) is 0 Å². The Hall–Kier alpha value is 0.107. The molecular weight excluding hydrogens is 172 g/mol. The van der Waals surface area contributed by atoms with E-state index in [2.05, 4.69) is 40.4 Å². The van der Waals surface area contributed by atoms with Gasteiger partial charge in [0.25, 0.3) is 0 Å². The first-order valence-corrected chi connectivity index (χ1v) is 7.68. The van der Waals surface area contributed by atoms with E-state index >= 15 is 0 Å². The van der Waals surface area contributed by atoms with Crippen LogP contribution < -0.4 is 0 Å². The van der Waals surface area contributed by atoms with E-state index < -0.39 is 8.32 Å². The molecule has 0 unspecified atom stereocenters. The molecule has 0 amide bonds. The predicted octanol–water partition coefficient (Wildman–Crippen LogP) is 3.21. The largest absolute Gasteiger partial charge is 0.539 e. The van der Waals surface area contributed by atoms with Crippen molar-refractivity contribution in [3.8, 4) is 0 Å². The molecule has 0 spiro atoms. The molecule has 11 heavy (non-hydrogen) atoms. The van der Waals surface area contributed by atoms with Gasteiger partial charge < -0.3 is 4.43 Å². The normalized spacial score (nSPS) is 12.9. The van der Waals surface area contributed by atoms with E-state index in [1.807, 2.05) is 0 Å². The molecule has 0 atom stereocenters. The summed E-state index contributed by atoms with van der Waals surface area (Å²) < 4.78 is 5.67. The third kappa shape index (κ3) is 5.38. The van der Waals surface area contributed by atoms with Gasteiger partial charge in [-0.15, -0.1) is 0 Å². The maximum absolute atomic E-state index is 5.67. The van der Waals surface area contributed by atoms with Crippen LogP contribution in [0.25, 0.3) is 0 Å². The summed E-state index contributed by atoms with van der Waals surface area (Å²) in [6.07, 6.45) is 0. The van der Waals surface area contributed by atoms with Gasteiger partial charge in [-0.25, -0.2) is 0 Å². The van der Waals surface area contributed by atoms with Crippen LogP contribution in [-0.2, 0) is 4.43 Å². The van der Waals surface area contributed by atoms with Crippen LogP contribution >= 0.6 is 12.2 Å². The van der Waals surface area contributed by atoms with E-state index in [4.69, 9.17) is 16.6 Å². The molecule has 0 bridgehead atoms. The molecule has 0 radical (unpaired) electrons. The Labute approximate surface area is 76.3 Å². The van der Waals surface area contributed by atoms with Gasteiger partial charge in [0.1, 0.15) is 0 Å². The van der Waals surface area contributed by atoms with Gasteiger partial charge in [-0.1, -0.05) is 20.8 Å². The number of hydrogen-bond donors (Lipinski definition) is 0. The molecule has 0 saturated carbocycles. The minimum absolute atomic E-state index is 0.00954. The zero-order valence-corrected chi connectivity index (χ0v) is 10.1. The molecule has 0 aliphatic carbocycles. The molecule has 0 aromatic carbocycles. The van der Waals surface area contributed by atoms with Crippen molar-refractivity contribution < 1.29 is 4.43 Å². The van der Waals surface area contributed by atoms with Crippen molar-refractivity contribution in [3.05, 3.63) is 0 Å². The Morgan fingerprint density at radius 1 is 1.18 bits per heavy atom. The standard InChI is InChI=1S/C8H18OSSi/c1-8(2,3)7(10)9-11(4,5)6/h1-6H3. The van der Waals surface area contributed by atoms with Crippen LogP contribution in [0.1, 0.15) is 20.8 Å². The predicted molar refractivity (Wildman–Crippen MR) is 56.5 cm³/mol. The highest BCUT2D eigenvalue weighted by atomic mass is 32.1. The zero-order valence-electron chi connectivity index (χ0n) is 8.32. The van der Waals surface area contributed by atoms with Gasteiger partial charge in [0, 0.05) is 5.41 Å². The molecule has 0 aliphatic rings. The Morgan fingerprint density at radius 3 is 1.64 bits per heavy atom. The third-order valence-corrected chi connectivity index (χ3v) is 2.67. The molecule has 66 valence electrons. The number of hydrogen-bond acceptors (Lipinski definition) is 2. The highest BCUT2D eigenvalue weighted by Crippen LogP contribution is 2.20. The minimum atomic E-state index is -1.47. The molecule has 0 aromatic heterocycles. The topological polar surface area (TPSA) is 9.23 Å². The Kier molecular flexibility index (Phi) is 3.26. The van der Waals surface area contributed by atoms with Crippen LogP contribution in [0.2, 0.25) is 19.6 Å². The van der Waals surface area contributed by atoms with Crippen LogP contribution in [0.4, 0.5) is 0 Å². The van der Waals surface area contributed by atoms with Crippen LogP contribution in [-0.4, -0.2) is 13.4 Å². The van der Waals surface area contributed by atoms with E-state index in [9.17, 15) is 0 Å². The SMILES string of the molecule is CC(C)(C)C(=S)O[Si](C)(C)C. The first kappa shape index (κ1) is 11.1. The fourth-order valence-electron chi connectivity index (χ4n) is 0.431. The van der Waals surface area contributed by atoms with E-state index in [0.29, 0.717) is 0 Å². The minimum Gasteiger partial charge on any atom is -0.539 e. The summed E-state index contributed by atoms with van der Waals surface area (Å²) >= 11 is 5.15. The highest BCUT2D eigenvalue weighted by molar-refractivity contribution is 7.80. The summed E-state index contributed by atoms with van der Waals surface area (Å²) in [7, 11) is -1.47. The highest BCUT2D eigenvalue weighted by Gasteiger charge is 2.25. The van der Waals surface area contributed by atoms with Crippen molar-refractivity contribution in [1.29, 1.82) is 0 Å². The molecule has 0 heterocycles. The average Bonchev–Trinajstić information content (AvgIpc) is 1.56. The van der Waals surface area contributed by atoms with Gasteiger partial charge in [-0.3, -0.25) is 0 Å². The summed E-state index contributed by atoms with van der Waals surface area (Å²) in [5.74, 6) is 0. The quantitative estimate of drug-likeness (QED) is 0.464.